The number of hydrogen-bond acceptors (Lipinski definition) is 5. The van der Waals surface area contributed by atoms with Crippen molar-refractivity contribution < 1.29 is 10.0 Å². The Morgan fingerprint density at radius 2 is 2.36 bits per heavy atom. The molecule has 76 valence electrons. The van der Waals surface area contributed by atoms with E-state index in [0.717, 1.165) is 6.20 Å². The van der Waals surface area contributed by atoms with Crippen LogP contribution < -0.4 is 5.73 Å². The summed E-state index contributed by atoms with van der Waals surface area (Å²) in [7, 11) is 0. The Balaban J connectivity index is 2.99. The minimum absolute atomic E-state index is 0.0949. The van der Waals surface area contributed by atoms with Crippen LogP contribution in [0.1, 0.15) is 12.6 Å². The third-order valence-corrected chi connectivity index (χ3v) is 1.87. The molecule has 0 amide bonds. The van der Waals surface area contributed by atoms with Gasteiger partial charge in [-0.25, -0.2) is 0 Å². The topological polar surface area (TPSA) is 102 Å². The fraction of sp³-hybridized carbons (Fsp3) is 0.375. The highest BCUT2D eigenvalue weighted by Crippen LogP contribution is 2.17. The molecule has 0 aliphatic rings. The van der Waals surface area contributed by atoms with E-state index in [1.54, 1.807) is 6.92 Å². The zero-order valence-corrected chi connectivity index (χ0v) is 7.67. The van der Waals surface area contributed by atoms with Gasteiger partial charge in [0.1, 0.15) is 6.20 Å². The van der Waals surface area contributed by atoms with Gasteiger partial charge >= 0.3 is 0 Å². The van der Waals surface area contributed by atoms with Gasteiger partial charge in [0.05, 0.1) is 22.8 Å². The molecule has 1 aromatic rings. The van der Waals surface area contributed by atoms with Crippen LogP contribution in [0.25, 0.3) is 0 Å². The van der Waals surface area contributed by atoms with Gasteiger partial charge in [0.15, 0.2) is 0 Å². The predicted molar refractivity (Wildman–Crippen MR) is 49.5 cm³/mol. The quantitative estimate of drug-likeness (QED) is 0.530. The average molecular weight is 197 g/mol. The molecular formula is C8H11N3O3. The number of nitrogens with two attached hydrogens (primary N) is 1. The fourth-order valence-electron chi connectivity index (χ4n) is 0.913. The van der Waals surface area contributed by atoms with Crippen molar-refractivity contribution in [3.63, 3.8) is 0 Å². The Morgan fingerprint density at radius 1 is 1.71 bits per heavy atom. The van der Waals surface area contributed by atoms with E-state index in [4.69, 9.17) is 10.8 Å². The van der Waals surface area contributed by atoms with Crippen molar-refractivity contribution in [3.05, 3.63) is 34.1 Å². The molecule has 0 saturated heterocycles. The molecule has 0 saturated carbocycles. The second-order valence-corrected chi connectivity index (χ2v) is 3.23. The summed E-state index contributed by atoms with van der Waals surface area (Å²) in [5, 5.41) is 19.2. The highest BCUT2D eigenvalue weighted by Gasteiger charge is 2.22. The zero-order valence-electron chi connectivity index (χ0n) is 7.67. The molecule has 0 aliphatic carbocycles. The second-order valence-electron chi connectivity index (χ2n) is 3.23. The first-order valence-corrected chi connectivity index (χ1v) is 3.98. The lowest BCUT2D eigenvalue weighted by molar-refractivity contribution is -0.385. The first kappa shape index (κ1) is 10.6. The van der Waals surface area contributed by atoms with Crippen molar-refractivity contribution >= 4 is 5.69 Å². The molecule has 6 nitrogen and oxygen atoms in total. The molecule has 1 rings (SSSR count). The van der Waals surface area contributed by atoms with E-state index < -0.39 is 10.5 Å². The maximum Gasteiger partial charge on any atom is 0.287 e. The Morgan fingerprint density at radius 3 is 2.71 bits per heavy atom. The van der Waals surface area contributed by atoms with Crippen molar-refractivity contribution in [1.82, 2.24) is 4.98 Å². The lowest BCUT2D eigenvalue weighted by Crippen LogP contribution is -2.37. The highest BCUT2D eigenvalue weighted by molar-refractivity contribution is 5.29. The molecule has 6 heteroatoms. The summed E-state index contributed by atoms with van der Waals surface area (Å²) >= 11 is 0. The standard InChI is InChI=1S/C8H11N3O3/c1-8(9,5-12)7-3-2-6(4-10-7)11(13)14/h2-4,12H,5,9H2,1H3. The number of aliphatic hydroxyl groups is 1. The van der Waals surface area contributed by atoms with Crippen LogP contribution in [-0.2, 0) is 5.54 Å². The monoisotopic (exact) mass is 197 g/mol. The molecule has 0 aromatic carbocycles. The van der Waals surface area contributed by atoms with Gasteiger partial charge in [-0.1, -0.05) is 0 Å². The molecule has 3 N–H and O–H groups in total. The van der Waals surface area contributed by atoms with Gasteiger partial charge in [-0.05, 0) is 13.0 Å². The van der Waals surface area contributed by atoms with Gasteiger partial charge in [0.2, 0.25) is 0 Å². The molecule has 0 aliphatic heterocycles. The van der Waals surface area contributed by atoms with E-state index in [0.29, 0.717) is 5.69 Å². The summed E-state index contributed by atoms with van der Waals surface area (Å²) in [5.74, 6) is 0. The van der Waals surface area contributed by atoms with E-state index in [-0.39, 0.29) is 12.3 Å². The van der Waals surface area contributed by atoms with Crippen molar-refractivity contribution in [1.29, 1.82) is 0 Å². The minimum atomic E-state index is -0.963. The number of pyridine rings is 1. The van der Waals surface area contributed by atoms with Crippen molar-refractivity contribution in [2.24, 2.45) is 5.73 Å². The Hall–Kier alpha value is -1.53. The van der Waals surface area contributed by atoms with E-state index in [2.05, 4.69) is 4.98 Å². The number of aromatic nitrogens is 1. The minimum Gasteiger partial charge on any atom is -0.394 e. The molecule has 0 bridgehead atoms. The summed E-state index contributed by atoms with van der Waals surface area (Å²) in [6.45, 7) is 1.33. The summed E-state index contributed by atoms with van der Waals surface area (Å²) in [5.41, 5.74) is 5.04. The van der Waals surface area contributed by atoms with E-state index in [1.165, 1.54) is 12.1 Å². The maximum absolute atomic E-state index is 10.3. The van der Waals surface area contributed by atoms with Crippen LogP contribution in [-0.4, -0.2) is 21.6 Å². The van der Waals surface area contributed by atoms with E-state index in [9.17, 15) is 10.1 Å². The fourth-order valence-corrected chi connectivity index (χ4v) is 0.913. The first-order valence-electron chi connectivity index (χ1n) is 3.98. The number of aliphatic hydroxyl groups excluding tert-OH is 1. The average Bonchev–Trinajstić information content (AvgIpc) is 2.18. The molecule has 0 spiro atoms. The summed E-state index contributed by atoms with van der Waals surface area (Å²) in [6.07, 6.45) is 1.12. The molecule has 0 radical (unpaired) electrons. The zero-order chi connectivity index (χ0) is 10.8. The predicted octanol–water partition coefficient (Wildman–Crippen LogP) is 0.156. The Bertz CT molecular complexity index is 334. The molecule has 1 atom stereocenters. The van der Waals surface area contributed by atoms with Crippen molar-refractivity contribution in [2.75, 3.05) is 6.61 Å². The molecule has 0 fully saturated rings. The Kier molecular flexibility index (Phi) is 2.78. The van der Waals surface area contributed by atoms with Crippen LogP contribution in [0, 0.1) is 10.1 Å². The third-order valence-electron chi connectivity index (χ3n) is 1.87. The SMILES string of the molecule is CC(N)(CO)c1ccc([N+](=O)[O-])cn1. The van der Waals surface area contributed by atoms with Gasteiger partial charge in [-0.15, -0.1) is 0 Å². The molecule has 14 heavy (non-hydrogen) atoms. The first-order chi connectivity index (χ1) is 6.47. The smallest absolute Gasteiger partial charge is 0.287 e. The largest absolute Gasteiger partial charge is 0.394 e. The lowest BCUT2D eigenvalue weighted by atomic mass is 10.00. The van der Waals surface area contributed by atoms with Crippen LogP contribution >= 0.6 is 0 Å². The third kappa shape index (κ3) is 2.04. The van der Waals surface area contributed by atoms with Crippen LogP contribution in [0.4, 0.5) is 5.69 Å². The molecular weight excluding hydrogens is 186 g/mol. The second kappa shape index (κ2) is 3.69. The van der Waals surface area contributed by atoms with Crippen molar-refractivity contribution in [2.45, 2.75) is 12.5 Å². The van der Waals surface area contributed by atoms with Crippen LogP contribution in [0.5, 0.6) is 0 Å². The molecule has 1 heterocycles. The summed E-state index contributed by atoms with van der Waals surface area (Å²) in [6, 6.07) is 2.75. The van der Waals surface area contributed by atoms with Gasteiger partial charge in [0, 0.05) is 6.07 Å². The van der Waals surface area contributed by atoms with Crippen LogP contribution in [0.3, 0.4) is 0 Å². The molecule has 1 unspecified atom stereocenters. The van der Waals surface area contributed by atoms with Crippen molar-refractivity contribution in [3.8, 4) is 0 Å². The maximum atomic E-state index is 10.3. The van der Waals surface area contributed by atoms with E-state index >= 15 is 0 Å². The number of nitro groups is 1. The van der Waals surface area contributed by atoms with Crippen LogP contribution in [0.15, 0.2) is 18.3 Å². The van der Waals surface area contributed by atoms with Gasteiger partial charge < -0.3 is 10.8 Å². The van der Waals surface area contributed by atoms with Gasteiger partial charge in [0.25, 0.3) is 5.69 Å². The number of hydrogen-bond donors (Lipinski definition) is 2. The highest BCUT2D eigenvalue weighted by atomic mass is 16.6. The molecule has 1 aromatic heterocycles. The normalized spacial score (nSPS) is 14.8. The van der Waals surface area contributed by atoms with Gasteiger partial charge in [-0.2, -0.15) is 0 Å². The van der Waals surface area contributed by atoms with E-state index in [1.807, 2.05) is 0 Å². The van der Waals surface area contributed by atoms with Crippen LogP contribution in [0.2, 0.25) is 0 Å². The number of rotatable bonds is 3. The lowest BCUT2D eigenvalue weighted by Gasteiger charge is -2.20. The Labute approximate surface area is 80.5 Å². The summed E-state index contributed by atoms with van der Waals surface area (Å²) in [4.78, 5) is 13.6. The summed E-state index contributed by atoms with van der Waals surface area (Å²) < 4.78 is 0. The number of nitrogens with zero attached hydrogens (tertiary/aromatic N) is 2. The van der Waals surface area contributed by atoms with Gasteiger partial charge in [-0.3, -0.25) is 15.1 Å².